The van der Waals surface area contributed by atoms with E-state index in [1.54, 1.807) is 6.92 Å². The van der Waals surface area contributed by atoms with Crippen LogP contribution in [0.1, 0.15) is 72.9 Å². The predicted molar refractivity (Wildman–Crippen MR) is 97.6 cm³/mol. The minimum atomic E-state index is -0.169. The number of phenolic OH excluding ortho intramolecular Hbond substituents is 2. The molecule has 0 atom stereocenters. The van der Waals surface area contributed by atoms with Gasteiger partial charge in [-0.05, 0) is 31.7 Å². The van der Waals surface area contributed by atoms with Crippen LogP contribution in [0.3, 0.4) is 0 Å². The van der Waals surface area contributed by atoms with Crippen LogP contribution in [0, 0.1) is 6.92 Å². The van der Waals surface area contributed by atoms with Crippen LogP contribution in [0.15, 0.2) is 0 Å². The zero-order chi connectivity index (χ0) is 18.8. The molecule has 6 heteroatoms. The quantitative estimate of drug-likeness (QED) is 0.335. The fourth-order valence-electron chi connectivity index (χ4n) is 2.82. The van der Waals surface area contributed by atoms with Gasteiger partial charge in [-0.1, -0.05) is 43.7 Å². The number of unbranched alkanes of at least 4 members (excludes halogenated alkanes) is 6. The lowest BCUT2D eigenvalue weighted by molar-refractivity contribution is -0.140. The highest BCUT2D eigenvalue weighted by molar-refractivity contribution is 6.33. The van der Waals surface area contributed by atoms with Crippen molar-refractivity contribution in [1.29, 1.82) is 0 Å². The average molecular weight is 371 g/mol. The molecule has 0 heterocycles. The maximum absolute atomic E-state index is 11.1. The number of aldehydes is 1. The lowest BCUT2D eigenvalue weighted by Crippen LogP contribution is -1.99. The third kappa shape index (κ3) is 6.24. The molecular formula is C19H27ClO5. The normalized spacial score (nSPS) is 10.7. The van der Waals surface area contributed by atoms with E-state index in [1.807, 2.05) is 0 Å². The summed E-state index contributed by atoms with van der Waals surface area (Å²) in [5.74, 6) is -0.464. The van der Waals surface area contributed by atoms with Crippen LogP contribution in [0.5, 0.6) is 11.5 Å². The van der Waals surface area contributed by atoms with Gasteiger partial charge in [0.1, 0.15) is 11.5 Å². The Balaban J connectivity index is 2.34. The molecule has 1 rings (SSSR count). The molecule has 0 radical (unpaired) electrons. The summed E-state index contributed by atoms with van der Waals surface area (Å²) in [4.78, 5) is 22.1. The van der Waals surface area contributed by atoms with Crippen LogP contribution in [-0.4, -0.2) is 29.6 Å². The van der Waals surface area contributed by atoms with Crippen molar-refractivity contribution in [2.75, 3.05) is 7.11 Å². The second kappa shape index (κ2) is 11.0. The van der Waals surface area contributed by atoms with Crippen molar-refractivity contribution in [2.24, 2.45) is 0 Å². The van der Waals surface area contributed by atoms with Gasteiger partial charge in [0, 0.05) is 12.0 Å². The monoisotopic (exact) mass is 370 g/mol. The minimum absolute atomic E-state index is 0.125. The molecule has 25 heavy (non-hydrogen) atoms. The lowest BCUT2D eigenvalue weighted by atomic mass is 9.98. The van der Waals surface area contributed by atoms with Crippen molar-refractivity contribution in [1.82, 2.24) is 0 Å². The number of carbonyl (C=O) groups is 2. The first-order chi connectivity index (χ1) is 11.9. The summed E-state index contributed by atoms with van der Waals surface area (Å²) in [7, 11) is 1.40. The summed E-state index contributed by atoms with van der Waals surface area (Å²) in [6.45, 7) is 1.59. The Labute approximate surface area is 154 Å². The fourth-order valence-corrected chi connectivity index (χ4v) is 3.03. The number of phenols is 2. The van der Waals surface area contributed by atoms with Gasteiger partial charge in [0.2, 0.25) is 0 Å². The minimum Gasteiger partial charge on any atom is -0.507 e. The Bertz CT molecular complexity index is 598. The Morgan fingerprint density at radius 3 is 2.16 bits per heavy atom. The summed E-state index contributed by atoms with van der Waals surface area (Å²) < 4.78 is 4.59. The molecule has 0 saturated carbocycles. The first-order valence-electron chi connectivity index (χ1n) is 8.68. The number of esters is 1. The standard InChI is InChI=1S/C19H27ClO5/c1-13-15(12-21)18(23)14(19(24)17(13)20)10-8-6-4-3-5-7-9-11-16(22)25-2/h12,23-24H,3-11H2,1-2H3. The van der Waals surface area contributed by atoms with Crippen molar-refractivity contribution >= 4 is 23.9 Å². The average Bonchev–Trinajstić information content (AvgIpc) is 2.61. The van der Waals surface area contributed by atoms with Gasteiger partial charge in [-0.2, -0.15) is 0 Å². The Morgan fingerprint density at radius 2 is 1.60 bits per heavy atom. The SMILES string of the molecule is COC(=O)CCCCCCCCCc1c(O)c(Cl)c(C)c(C=O)c1O. The van der Waals surface area contributed by atoms with Crippen LogP contribution >= 0.6 is 11.6 Å². The molecule has 1 aromatic rings. The number of halogens is 1. The molecule has 5 nitrogen and oxygen atoms in total. The van der Waals surface area contributed by atoms with Crippen LogP contribution in [0.2, 0.25) is 5.02 Å². The first kappa shape index (κ1) is 21.3. The van der Waals surface area contributed by atoms with E-state index in [0.29, 0.717) is 30.3 Å². The van der Waals surface area contributed by atoms with Gasteiger partial charge >= 0.3 is 5.97 Å². The molecule has 0 fully saturated rings. The molecule has 1 aromatic carbocycles. The van der Waals surface area contributed by atoms with E-state index in [2.05, 4.69) is 4.74 Å². The third-order valence-electron chi connectivity index (χ3n) is 4.42. The molecule has 0 bridgehead atoms. The molecule has 0 saturated heterocycles. The van der Waals surface area contributed by atoms with Gasteiger partial charge in [-0.15, -0.1) is 0 Å². The number of ether oxygens (including phenoxy) is 1. The Hall–Kier alpha value is -1.75. The molecule has 0 aliphatic heterocycles. The Kier molecular flexibility index (Phi) is 9.35. The van der Waals surface area contributed by atoms with E-state index in [4.69, 9.17) is 11.6 Å². The molecule has 0 spiro atoms. The number of benzene rings is 1. The summed E-state index contributed by atoms with van der Waals surface area (Å²) >= 11 is 6.03. The second-order valence-electron chi connectivity index (χ2n) is 6.20. The molecule has 140 valence electrons. The summed E-state index contributed by atoms with van der Waals surface area (Å²) in [5.41, 5.74) is 0.876. The zero-order valence-corrected chi connectivity index (χ0v) is 15.7. The van der Waals surface area contributed by atoms with E-state index in [1.165, 1.54) is 7.11 Å². The van der Waals surface area contributed by atoms with Gasteiger partial charge < -0.3 is 14.9 Å². The van der Waals surface area contributed by atoms with E-state index in [0.717, 1.165) is 44.9 Å². The van der Waals surface area contributed by atoms with Gasteiger partial charge in [-0.3, -0.25) is 9.59 Å². The van der Waals surface area contributed by atoms with Gasteiger partial charge in [0.15, 0.2) is 6.29 Å². The zero-order valence-electron chi connectivity index (χ0n) is 14.9. The van der Waals surface area contributed by atoms with Crippen molar-refractivity contribution in [3.8, 4) is 11.5 Å². The molecule has 0 aliphatic rings. The first-order valence-corrected chi connectivity index (χ1v) is 9.06. The maximum atomic E-state index is 11.1. The molecule has 0 aromatic heterocycles. The summed E-state index contributed by atoms with van der Waals surface area (Å²) in [5, 5.41) is 20.4. The van der Waals surface area contributed by atoms with E-state index < -0.39 is 0 Å². The number of methoxy groups -OCH3 is 1. The number of carbonyl (C=O) groups excluding carboxylic acids is 2. The van der Waals surface area contributed by atoms with Gasteiger partial charge in [-0.25, -0.2) is 0 Å². The third-order valence-corrected chi connectivity index (χ3v) is 4.88. The largest absolute Gasteiger partial charge is 0.507 e. The number of aromatic hydroxyl groups is 2. The lowest BCUT2D eigenvalue weighted by Gasteiger charge is -2.13. The summed E-state index contributed by atoms with van der Waals surface area (Å²) in [6.07, 6.45) is 8.31. The van der Waals surface area contributed by atoms with Crippen molar-refractivity contribution in [2.45, 2.75) is 64.7 Å². The Morgan fingerprint density at radius 1 is 1.04 bits per heavy atom. The summed E-state index contributed by atoms with van der Waals surface area (Å²) in [6, 6.07) is 0. The predicted octanol–water partition coefficient (Wildman–Crippen LogP) is 4.71. The van der Waals surface area contributed by atoms with Crippen LogP contribution in [0.4, 0.5) is 0 Å². The van der Waals surface area contributed by atoms with Crippen LogP contribution in [-0.2, 0) is 16.0 Å². The number of rotatable bonds is 11. The molecule has 2 N–H and O–H groups in total. The van der Waals surface area contributed by atoms with Crippen molar-refractivity contribution in [3.63, 3.8) is 0 Å². The van der Waals surface area contributed by atoms with Gasteiger partial charge in [0.05, 0.1) is 17.7 Å². The topological polar surface area (TPSA) is 83.8 Å². The fraction of sp³-hybridized carbons (Fsp3) is 0.579. The molecule has 0 amide bonds. The van der Waals surface area contributed by atoms with E-state index >= 15 is 0 Å². The van der Waals surface area contributed by atoms with E-state index in [-0.39, 0.29) is 28.1 Å². The highest BCUT2D eigenvalue weighted by Gasteiger charge is 2.19. The van der Waals surface area contributed by atoms with Crippen LogP contribution in [0.25, 0.3) is 0 Å². The molecule has 0 unspecified atom stereocenters. The van der Waals surface area contributed by atoms with Gasteiger partial charge in [0.25, 0.3) is 0 Å². The highest BCUT2D eigenvalue weighted by Crippen LogP contribution is 2.40. The number of hydrogen-bond acceptors (Lipinski definition) is 5. The van der Waals surface area contributed by atoms with Crippen LogP contribution < -0.4 is 0 Å². The van der Waals surface area contributed by atoms with Crippen molar-refractivity contribution < 1.29 is 24.5 Å². The smallest absolute Gasteiger partial charge is 0.305 e. The molecular weight excluding hydrogens is 344 g/mol. The highest BCUT2D eigenvalue weighted by atomic mass is 35.5. The number of hydrogen-bond donors (Lipinski definition) is 2. The van der Waals surface area contributed by atoms with Crippen molar-refractivity contribution in [3.05, 3.63) is 21.7 Å². The maximum Gasteiger partial charge on any atom is 0.305 e. The second-order valence-corrected chi connectivity index (χ2v) is 6.58. The van der Waals surface area contributed by atoms with E-state index in [9.17, 15) is 19.8 Å². The molecule has 0 aliphatic carbocycles.